The first-order valence-electron chi connectivity index (χ1n) is 19.4. The van der Waals surface area contributed by atoms with E-state index in [-0.39, 0.29) is 37.0 Å². The highest BCUT2D eigenvalue weighted by atomic mass is 16.6. The Balaban J connectivity index is 3.03. The number of carboxylic acid groups (broad SMARTS) is 4. The lowest BCUT2D eigenvalue weighted by Crippen LogP contribution is -2.42. The van der Waals surface area contributed by atoms with E-state index in [1.54, 1.807) is 37.8 Å². The summed E-state index contributed by atoms with van der Waals surface area (Å²) in [5, 5.41) is 79.0. The summed E-state index contributed by atoms with van der Waals surface area (Å²) >= 11 is 0. The second-order valence-corrected chi connectivity index (χ2v) is 15.1. The van der Waals surface area contributed by atoms with Crippen LogP contribution in [0.3, 0.4) is 0 Å². The molecular formula is C39H63NO16. The van der Waals surface area contributed by atoms with Crippen molar-refractivity contribution in [1.29, 1.82) is 0 Å². The number of rotatable bonds is 30. The Morgan fingerprint density at radius 3 is 1.71 bits per heavy atom. The molecule has 320 valence electrons. The molecule has 1 rings (SSSR count). The number of aliphatic carboxylic acids is 4. The first kappa shape index (κ1) is 49.8. The second-order valence-electron chi connectivity index (χ2n) is 15.1. The molecule has 17 nitrogen and oxygen atoms in total. The molecule has 0 aliphatic carbocycles. The summed E-state index contributed by atoms with van der Waals surface area (Å²) < 4.78 is 11.5. The zero-order chi connectivity index (χ0) is 42.5. The minimum Gasteiger partial charge on any atom is -0.506 e. The molecule has 1 aliphatic rings. The van der Waals surface area contributed by atoms with Crippen LogP contribution in [0.15, 0.2) is 24.1 Å². The zero-order valence-electron chi connectivity index (χ0n) is 32.9. The number of unbranched alkanes of at least 4 members (excludes halogenated alkanes) is 2. The molecule has 8 N–H and O–H groups in total. The van der Waals surface area contributed by atoms with Gasteiger partial charge in [-0.2, -0.15) is 0 Å². The minimum absolute atomic E-state index is 0.0138. The number of nitrogens with zero attached hydrogens (tertiary/aromatic N) is 1. The standard InChI is InChI=1S/C39H63NO16/c1-5-6-10-24(3)37(56-36(50)20-27(39(53)54)18-34(47)48)32(55-35(49)19-26(38(51)52)17-33(45)46)16-23(2)15-28(41)11-7-8-12-29(42)21-31(44)25(4)40-14-9-13-30(43)22-40/h9,13,22-29,31-32,37,41-44H,5-8,10-12,14-21H2,1-4H3,(H,45,46)(H,47,48)(H,51,52)(H,53,54). The Morgan fingerprint density at radius 2 is 1.23 bits per heavy atom. The topological polar surface area (TPSA) is 286 Å². The fourth-order valence-electron chi connectivity index (χ4n) is 6.73. The van der Waals surface area contributed by atoms with E-state index in [9.17, 15) is 59.4 Å². The number of allylic oxidation sites excluding steroid dienone is 1. The number of hydrogen-bond acceptors (Lipinski definition) is 13. The lowest BCUT2D eigenvalue weighted by Gasteiger charge is -2.33. The fourth-order valence-corrected chi connectivity index (χ4v) is 6.73. The van der Waals surface area contributed by atoms with Crippen molar-refractivity contribution in [3.63, 3.8) is 0 Å². The highest BCUT2D eigenvalue weighted by Gasteiger charge is 2.37. The third-order valence-corrected chi connectivity index (χ3v) is 9.99. The molecule has 0 saturated carbocycles. The molecule has 0 radical (unpaired) electrons. The van der Waals surface area contributed by atoms with Crippen LogP contribution >= 0.6 is 0 Å². The predicted molar refractivity (Wildman–Crippen MR) is 200 cm³/mol. The van der Waals surface area contributed by atoms with Crippen LogP contribution in [0.2, 0.25) is 0 Å². The van der Waals surface area contributed by atoms with Crippen molar-refractivity contribution < 1.29 is 79.1 Å². The molecule has 1 heterocycles. The second kappa shape index (κ2) is 25.8. The van der Waals surface area contributed by atoms with Gasteiger partial charge in [0.1, 0.15) is 18.0 Å². The van der Waals surface area contributed by atoms with Gasteiger partial charge in [-0.3, -0.25) is 28.8 Å². The molecule has 0 saturated heterocycles. The summed E-state index contributed by atoms with van der Waals surface area (Å²) in [5.41, 5.74) is 0. The van der Waals surface area contributed by atoms with Gasteiger partial charge in [0, 0.05) is 19.2 Å². The average Bonchev–Trinajstić information content (AvgIpc) is 3.09. The molecule has 1 aliphatic heterocycles. The summed E-state index contributed by atoms with van der Waals surface area (Å²) in [6.45, 7) is 7.73. The maximum atomic E-state index is 13.1. The number of carbonyl (C=O) groups is 6. The first-order valence-corrected chi connectivity index (χ1v) is 19.4. The van der Waals surface area contributed by atoms with Gasteiger partial charge in [0.2, 0.25) is 0 Å². The van der Waals surface area contributed by atoms with E-state index in [1.807, 2.05) is 6.92 Å². The summed E-state index contributed by atoms with van der Waals surface area (Å²) in [5.74, 6) is -12.0. The first-order chi connectivity index (χ1) is 26.2. The van der Waals surface area contributed by atoms with E-state index < -0.39 is 110 Å². The fraction of sp³-hybridized carbons (Fsp3) is 0.744. The predicted octanol–water partition coefficient (Wildman–Crippen LogP) is 3.88. The number of carboxylic acids is 4. The molecule has 0 amide bonds. The van der Waals surface area contributed by atoms with E-state index >= 15 is 0 Å². The molecular weight excluding hydrogens is 738 g/mol. The number of aliphatic hydroxyl groups is 4. The summed E-state index contributed by atoms with van der Waals surface area (Å²) in [4.78, 5) is 73.8. The number of esters is 2. The van der Waals surface area contributed by atoms with Gasteiger partial charge in [-0.15, -0.1) is 0 Å². The molecule has 0 spiro atoms. The van der Waals surface area contributed by atoms with Crippen LogP contribution in [-0.2, 0) is 38.2 Å². The largest absolute Gasteiger partial charge is 0.506 e. The Bertz CT molecular complexity index is 1330. The highest BCUT2D eigenvalue weighted by Crippen LogP contribution is 2.29. The van der Waals surface area contributed by atoms with Crippen LogP contribution in [0.1, 0.15) is 118 Å². The molecule has 0 bridgehead atoms. The third-order valence-electron chi connectivity index (χ3n) is 9.99. The Hall–Kier alpha value is -4.22. The number of carbonyl (C=O) groups excluding carboxylic acids is 2. The normalized spacial score (nSPS) is 18.2. The third kappa shape index (κ3) is 20.1. The zero-order valence-corrected chi connectivity index (χ0v) is 32.9. The highest BCUT2D eigenvalue weighted by molar-refractivity contribution is 5.83. The van der Waals surface area contributed by atoms with Crippen LogP contribution in [-0.4, -0.2) is 125 Å². The monoisotopic (exact) mass is 801 g/mol. The Labute approximate surface area is 328 Å². The van der Waals surface area contributed by atoms with Crippen molar-refractivity contribution in [3.05, 3.63) is 24.1 Å². The van der Waals surface area contributed by atoms with E-state index in [2.05, 4.69) is 0 Å². The molecule has 17 heteroatoms. The van der Waals surface area contributed by atoms with Crippen molar-refractivity contribution in [3.8, 4) is 0 Å². The van der Waals surface area contributed by atoms with Gasteiger partial charge in [0.05, 0.1) is 61.9 Å². The van der Waals surface area contributed by atoms with Crippen LogP contribution in [0.5, 0.6) is 0 Å². The van der Waals surface area contributed by atoms with Crippen molar-refractivity contribution >= 4 is 35.8 Å². The van der Waals surface area contributed by atoms with Gasteiger partial charge in [-0.05, 0) is 56.9 Å². The maximum Gasteiger partial charge on any atom is 0.307 e. The van der Waals surface area contributed by atoms with Gasteiger partial charge in [0.15, 0.2) is 0 Å². The SMILES string of the molecule is CCCCC(C)C(OC(=O)CC(CC(=O)O)C(=O)O)C(CC(C)CC(O)CCCCC(O)CC(O)C(C)N1C=C(O)C=CC1)OC(=O)CC(CC(=O)O)C(=O)O. The van der Waals surface area contributed by atoms with Crippen molar-refractivity contribution in [2.75, 3.05) is 6.54 Å². The van der Waals surface area contributed by atoms with Crippen LogP contribution in [0.25, 0.3) is 0 Å². The number of hydrogen-bond donors (Lipinski definition) is 8. The van der Waals surface area contributed by atoms with Gasteiger partial charge in [0.25, 0.3) is 0 Å². The van der Waals surface area contributed by atoms with Gasteiger partial charge >= 0.3 is 35.8 Å². The Kier molecular flexibility index (Phi) is 23.0. The minimum atomic E-state index is -1.60. The van der Waals surface area contributed by atoms with Crippen LogP contribution < -0.4 is 0 Å². The van der Waals surface area contributed by atoms with Gasteiger partial charge in [-0.25, -0.2) is 0 Å². The van der Waals surface area contributed by atoms with Crippen LogP contribution in [0.4, 0.5) is 0 Å². The Morgan fingerprint density at radius 1 is 0.714 bits per heavy atom. The molecule has 56 heavy (non-hydrogen) atoms. The smallest absolute Gasteiger partial charge is 0.307 e. The number of ether oxygens (including phenoxy) is 2. The lowest BCUT2D eigenvalue weighted by molar-refractivity contribution is -0.177. The van der Waals surface area contributed by atoms with Crippen molar-refractivity contribution in [2.45, 2.75) is 154 Å². The quantitative estimate of drug-likeness (QED) is 0.0378. The van der Waals surface area contributed by atoms with E-state index in [0.717, 1.165) is 6.42 Å². The molecule has 0 fully saturated rings. The number of aliphatic hydroxyl groups excluding tert-OH is 4. The summed E-state index contributed by atoms with van der Waals surface area (Å²) in [7, 11) is 0. The van der Waals surface area contributed by atoms with Gasteiger partial charge in [-0.1, -0.05) is 52.5 Å². The average molecular weight is 802 g/mol. The van der Waals surface area contributed by atoms with E-state index in [0.29, 0.717) is 45.1 Å². The lowest BCUT2D eigenvalue weighted by atomic mass is 9.87. The summed E-state index contributed by atoms with van der Waals surface area (Å²) in [6.07, 6.45) is 0.812. The molecule has 0 aromatic carbocycles. The molecule has 10 atom stereocenters. The maximum absolute atomic E-state index is 13.1. The van der Waals surface area contributed by atoms with Gasteiger partial charge < -0.3 is 55.2 Å². The van der Waals surface area contributed by atoms with Crippen molar-refractivity contribution in [1.82, 2.24) is 4.90 Å². The van der Waals surface area contributed by atoms with E-state index in [4.69, 9.17) is 19.7 Å². The molecule has 10 unspecified atom stereocenters. The molecule has 0 aromatic rings. The summed E-state index contributed by atoms with van der Waals surface area (Å²) in [6, 6.07) is -0.345. The van der Waals surface area contributed by atoms with Crippen molar-refractivity contribution in [2.24, 2.45) is 23.7 Å². The van der Waals surface area contributed by atoms with Crippen LogP contribution in [0, 0.1) is 23.7 Å². The van der Waals surface area contributed by atoms with E-state index in [1.165, 1.54) is 6.20 Å². The molecule has 0 aromatic heterocycles.